The minimum absolute atomic E-state index is 0.145. The molecule has 0 aliphatic carbocycles. The monoisotopic (exact) mass is 269 g/mol. The maximum atomic E-state index is 11.8. The van der Waals surface area contributed by atoms with Crippen LogP contribution in [0.1, 0.15) is 23.4 Å². The fourth-order valence-electron chi connectivity index (χ4n) is 1.52. The lowest BCUT2D eigenvalue weighted by Crippen LogP contribution is -2.23. The van der Waals surface area contributed by atoms with Crippen molar-refractivity contribution in [3.8, 4) is 0 Å². The zero-order valence-corrected chi connectivity index (χ0v) is 11.2. The highest BCUT2D eigenvalue weighted by molar-refractivity contribution is 7.09. The number of halogens is 1. The number of aryl methyl sites for hydroxylation is 2. The molecule has 6 heteroatoms. The Morgan fingerprint density at radius 3 is 2.82 bits per heavy atom. The van der Waals surface area contributed by atoms with Crippen molar-refractivity contribution in [3.05, 3.63) is 43.5 Å². The predicted molar refractivity (Wildman–Crippen MR) is 68.8 cm³/mol. The fraction of sp³-hybridized carbons (Fsp3) is 0.364. The number of rotatable bonds is 3. The maximum Gasteiger partial charge on any atom is 0.255 e. The van der Waals surface area contributed by atoms with E-state index in [1.54, 1.807) is 22.8 Å². The Balaban J connectivity index is 2.33. The van der Waals surface area contributed by atoms with Crippen LogP contribution >= 0.6 is 22.9 Å². The van der Waals surface area contributed by atoms with Gasteiger partial charge in [0.25, 0.3) is 5.56 Å². The zero-order valence-electron chi connectivity index (χ0n) is 9.61. The molecule has 2 aromatic rings. The molecule has 0 aliphatic rings. The minimum atomic E-state index is -0.145. The summed E-state index contributed by atoms with van der Waals surface area (Å²) in [6.45, 7) is 4.27. The molecule has 0 aromatic carbocycles. The normalized spacial score (nSPS) is 10.8. The van der Waals surface area contributed by atoms with Gasteiger partial charge in [0.1, 0.15) is 11.0 Å². The lowest BCUT2D eigenvalue weighted by Gasteiger charge is -2.06. The van der Waals surface area contributed by atoms with Crippen molar-refractivity contribution in [2.24, 2.45) is 0 Å². The summed E-state index contributed by atoms with van der Waals surface area (Å²) >= 11 is 7.32. The molecule has 2 heterocycles. The van der Waals surface area contributed by atoms with E-state index in [1.165, 1.54) is 6.07 Å². The Bertz CT molecular complexity index is 591. The van der Waals surface area contributed by atoms with Gasteiger partial charge < -0.3 is 0 Å². The van der Waals surface area contributed by atoms with E-state index >= 15 is 0 Å². The van der Waals surface area contributed by atoms with Gasteiger partial charge in [-0.05, 0) is 13.3 Å². The fourth-order valence-corrected chi connectivity index (χ4v) is 2.48. The van der Waals surface area contributed by atoms with Crippen LogP contribution in [0.25, 0.3) is 0 Å². The first-order valence-corrected chi connectivity index (χ1v) is 6.53. The Kier molecular flexibility index (Phi) is 3.59. The van der Waals surface area contributed by atoms with Crippen LogP contribution in [0.5, 0.6) is 0 Å². The van der Waals surface area contributed by atoms with Gasteiger partial charge in [0, 0.05) is 11.4 Å². The van der Waals surface area contributed by atoms with Gasteiger partial charge in [-0.1, -0.05) is 18.5 Å². The van der Waals surface area contributed by atoms with Gasteiger partial charge in [-0.2, -0.15) is 0 Å². The van der Waals surface area contributed by atoms with E-state index in [0.717, 1.165) is 17.1 Å². The highest BCUT2D eigenvalue weighted by Crippen LogP contribution is 2.11. The van der Waals surface area contributed by atoms with E-state index in [4.69, 9.17) is 11.6 Å². The van der Waals surface area contributed by atoms with Crippen molar-refractivity contribution in [1.82, 2.24) is 14.5 Å². The van der Waals surface area contributed by atoms with Crippen LogP contribution in [0.4, 0.5) is 0 Å². The molecule has 90 valence electrons. The number of hydrogen-bond acceptors (Lipinski definition) is 4. The van der Waals surface area contributed by atoms with Crippen LogP contribution < -0.4 is 5.56 Å². The largest absolute Gasteiger partial charge is 0.291 e. The Morgan fingerprint density at radius 2 is 2.24 bits per heavy atom. The topological polar surface area (TPSA) is 47.8 Å². The van der Waals surface area contributed by atoms with Crippen LogP contribution in [0.15, 0.2) is 16.2 Å². The van der Waals surface area contributed by atoms with Gasteiger partial charge in [-0.25, -0.2) is 9.97 Å². The molecule has 0 saturated heterocycles. The molecule has 0 radical (unpaired) electrons. The summed E-state index contributed by atoms with van der Waals surface area (Å²) in [4.78, 5) is 20.2. The third kappa shape index (κ3) is 2.73. The Morgan fingerprint density at radius 1 is 1.47 bits per heavy atom. The summed E-state index contributed by atoms with van der Waals surface area (Å²) in [5.41, 5.74) is 0.745. The lowest BCUT2D eigenvalue weighted by atomic mass is 10.4. The number of hydrogen-bond donors (Lipinski definition) is 0. The summed E-state index contributed by atoms with van der Waals surface area (Å²) < 4.78 is 1.57. The van der Waals surface area contributed by atoms with Crippen molar-refractivity contribution in [2.75, 3.05) is 0 Å². The molecular formula is C11H12ClN3OS. The first kappa shape index (κ1) is 12.3. The van der Waals surface area contributed by atoms with Crippen molar-refractivity contribution in [2.45, 2.75) is 26.8 Å². The molecule has 0 aliphatic heterocycles. The summed E-state index contributed by atoms with van der Waals surface area (Å²) in [7, 11) is 0. The van der Waals surface area contributed by atoms with Gasteiger partial charge in [0.15, 0.2) is 0 Å². The van der Waals surface area contributed by atoms with Crippen LogP contribution in [-0.2, 0) is 13.0 Å². The van der Waals surface area contributed by atoms with Gasteiger partial charge in [0.2, 0.25) is 0 Å². The molecule has 0 unspecified atom stereocenters. The molecular weight excluding hydrogens is 258 g/mol. The van der Waals surface area contributed by atoms with Crippen molar-refractivity contribution >= 4 is 22.9 Å². The van der Waals surface area contributed by atoms with Crippen LogP contribution in [-0.4, -0.2) is 14.5 Å². The Labute approximate surface area is 108 Å². The lowest BCUT2D eigenvalue weighted by molar-refractivity contribution is 0.687. The van der Waals surface area contributed by atoms with Crippen molar-refractivity contribution in [1.29, 1.82) is 0 Å². The smallest absolute Gasteiger partial charge is 0.255 e. The van der Waals surface area contributed by atoms with E-state index in [2.05, 4.69) is 16.9 Å². The zero-order chi connectivity index (χ0) is 12.4. The predicted octanol–water partition coefficient (Wildman–Crippen LogP) is 2.27. The summed E-state index contributed by atoms with van der Waals surface area (Å²) in [5.74, 6) is 0.605. The van der Waals surface area contributed by atoms with Gasteiger partial charge in [-0.3, -0.25) is 9.36 Å². The minimum Gasteiger partial charge on any atom is -0.291 e. The third-order valence-corrected chi connectivity index (χ3v) is 3.63. The van der Waals surface area contributed by atoms with Crippen LogP contribution in [0, 0.1) is 6.92 Å². The first-order chi connectivity index (χ1) is 8.10. The molecule has 2 aromatic heterocycles. The Hall–Kier alpha value is -1.20. The highest BCUT2D eigenvalue weighted by atomic mass is 35.5. The number of nitrogens with zero attached hydrogens (tertiary/aromatic N) is 3. The average Bonchev–Trinajstić information content (AvgIpc) is 2.71. The van der Waals surface area contributed by atoms with Gasteiger partial charge in [-0.15, -0.1) is 11.3 Å². The third-order valence-electron chi connectivity index (χ3n) is 2.39. The number of thiazole rings is 1. The van der Waals surface area contributed by atoms with Crippen LogP contribution in [0.2, 0.25) is 5.15 Å². The SMILES string of the molecule is CCc1nc(Cn2c(C)nc(Cl)cc2=O)cs1. The molecule has 17 heavy (non-hydrogen) atoms. The van der Waals surface area contributed by atoms with E-state index in [1.807, 2.05) is 5.38 Å². The van der Waals surface area contributed by atoms with Gasteiger partial charge >= 0.3 is 0 Å². The van der Waals surface area contributed by atoms with Crippen molar-refractivity contribution in [3.63, 3.8) is 0 Å². The molecule has 2 rings (SSSR count). The second kappa shape index (κ2) is 4.98. The summed E-state index contributed by atoms with van der Waals surface area (Å²) in [6.07, 6.45) is 0.914. The average molecular weight is 270 g/mol. The van der Waals surface area contributed by atoms with Gasteiger partial charge in [0.05, 0.1) is 17.2 Å². The quantitative estimate of drug-likeness (QED) is 0.803. The summed E-state index contributed by atoms with van der Waals surface area (Å²) in [6, 6.07) is 1.32. The molecule has 4 nitrogen and oxygen atoms in total. The molecule has 0 bridgehead atoms. The highest BCUT2D eigenvalue weighted by Gasteiger charge is 2.07. The van der Waals surface area contributed by atoms with E-state index in [9.17, 15) is 4.79 Å². The number of aromatic nitrogens is 3. The van der Waals surface area contributed by atoms with E-state index in [0.29, 0.717) is 12.4 Å². The molecule has 0 amide bonds. The molecule has 0 atom stereocenters. The van der Waals surface area contributed by atoms with Crippen LogP contribution in [0.3, 0.4) is 0 Å². The standard InChI is InChI=1S/C11H12ClN3OS/c1-3-10-14-8(6-17-10)5-15-7(2)13-9(12)4-11(15)16/h4,6H,3,5H2,1-2H3. The maximum absolute atomic E-state index is 11.8. The second-order valence-electron chi connectivity index (χ2n) is 3.64. The molecule has 0 fully saturated rings. The summed E-state index contributed by atoms with van der Waals surface area (Å²) in [5, 5.41) is 3.28. The van der Waals surface area contributed by atoms with E-state index in [-0.39, 0.29) is 10.7 Å². The molecule has 0 saturated carbocycles. The molecule has 0 spiro atoms. The van der Waals surface area contributed by atoms with Crippen molar-refractivity contribution < 1.29 is 0 Å². The first-order valence-electron chi connectivity index (χ1n) is 5.27. The van der Waals surface area contributed by atoms with E-state index < -0.39 is 0 Å². The molecule has 0 N–H and O–H groups in total. The second-order valence-corrected chi connectivity index (χ2v) is 4.97.